The third kappa shape index (κ3) is 2.82. The van der Waals surface area contributed by atoms with Gasteiger partial charge in [0, 0.05) is 17.1 Å². The minimum absolute atomic E-state index is 0.00757. The Balaban J connectivity index is 2.19. The van der Waals surface area contributed by atoms with E-state index in [0.29, 0.717) is 17.1 Å². The molecule has 1 fully saturated rings. The molecule has 1 saturated heterocycles. The van der Waals surface area contributed by atoms with Crippen molar-refractivity contribution in [3.8, 4) is 0 Å². The smallest absolute Gasteiger partial charge is 0.239 e. The molecule has 0 saturated carbocycles. The Bertz CT molecular complexity index is 432. The lowest BCUT2D eigenvalue weighted by Gasteiger charge is -2.23. The average molecular weight is 271 g/mol. The maximum absolute atomic E-state index is 13.7. The maximum Gasteiger partial charge on any atom is 0.239 e. The maximum atomic E-state index is 13.7. The fourth-order valence-corrected chi connectivity index (χ4v) is 2.31. The van der Waals surface area contributed by atoms with Crippen LogP contribution in [0.2, 0.25) is 5.02 Å². The summed E-state index contributed by atoms with van der Waals surface area (Å²) in [7, 11) is 0. The number of benzene rings is 1. The van der Waals surface area contributed by atoms with Crippen LogP contribution in [0.3, 0.4) is 0 Å². The van der Waals surface area contributed by atoms with E-state index in [1.54, 1.807) is 17.0 Å². The Hall–Kier alpha value is -1.13. The van der Waals surface area contributed by atoms with E-state index in [1.165, 1.54) is 6.07 Å². The second-order valence-corrected chi connectivity index (χ2v) is 4.90. The number of nitrogens with zero attached hydrogens (tertiary/aromatic N) is 1. The van der Waals surface area contributed by atoms with Gasteiger partial charge in [-0.1, -0.05) is 17.7 Å². The third-order valence-corrected chi connectivity index (χ3v) is 3.50. The van der Waals surface area contributed by atoms with Crippen LogP contribution < -0.4 is 5.32 Å². The molecule has 0 spiro atoms. The van der Waals surface area contributed by atoms with Crippen molar-refractivity contribution in [3.63, 3.8) is 0 Å². The monoisotopic (exact) mass is 270 g/mol. The zero-order valence-electron chi connectivity index (χ0n) is 10.2. The summed E-state index contributed by atoms with van der Waals surface area (Å²) in [5, 5.41) is 3.49. The molecule has 1 aromatic rings. The second kappa shape index (κ2) is 5.67. The Morgan fingerprint density at radius 3 is 3.06 bits per heavy atom. The molecule has 1 unspecified atom stereocenters. The van der Waals surface area contributed by atoms with Crippen LogP contribution in [0, 0.1) is 5.82 Å². The van der Waals surface area contributed by atoms with Gasteiger partial charge < -0.3 is 10.2 Å². The molecule has 98 valence electrons. The molecule has 0 radical (unpaired) electrons. The molecule has 0 bridgehead atoms. The molecular formula is C13H16ClFN2O. The topological polar surface area (TPSA) is 32.3 Å². The highest BCUT2D eigenvalue weighted by Gasteiger charge is 2.24. The summed E-state index contributed by atoms with van der Waals surface area (Å²) < 4.78 is 13.7. The number of amides is 1. The lowest BCUT2D eigenvalue weighted by molar-refractivity contribution is -0.132. The van der Waals surface area contributed by atoms with Crippen molar-refractivity contribution in [2.75, 3.05) is 13.1 Å². The fourth-order valence-electron chi connectivity index (χ4n) is 2.09. The highest BCUT2D eigenvalue weighted by Crippen LogP contribution is 2.21. The Kier molecular flexibility index (Phi) is 4.19. The first-order chi connectivity index (χ1) is 8.59. The van der Waals surface area contributed by atoms with E-state index in [1.807, 2.05) is 6.92 Å². The average Bonchev–Trinajstić information content (AvgIpc) is 2.49. The van der Waals surface area contributed by atoms with Crippen molar-refractivity contribution in [1.29, 1.82) is 0 Å². The fraction of sp³-hybridized carbons (Fsp3) is 0.462. The Labute approximate surface area is 111 Å². The van der Waals surface area contributed by atoms with E-state index in [2.05, 4.69) is 5.32 Å². The van der Waals surface area contributed by atoms with Crippen molar-refractivity contribution in [2.24, 2.45) is 0 Å². The van der Waals surface area contributed by atoms with Crippen LogP contribution in [0.5, 0.6) is 0 Å². The lowest BCUT2D eigenvalue weighted by Crippen LogP contribution is -2.41. The van der Waals surface area contributed by atoms with Gasteiger partial charge in [-0.2, -0.15) is 0 Å². The SMILES string of the molecule is CC1NCCCN(Cc2c(F)cccc2Cl)C1=O. The molecule has 5 heteroatoms. The van der Waals surface area contributed by atoms with Gasteiger partial charge in [-0.3, -0.25) is 4.79 Å². The molecule has 1 aromatic carbocycles. The lowest BCUT2D eigenvalue weighted by atomic mass is 10.2. The zero-order chi connectivity index (χ0) is 13.1. The number of carbonyl (C=O) groups is 1. The molecule has 2 rings (SSSR count). The molecule has 1 N–H and O–H groups in total. The predicted octanol–water partition coefficient (Wildman–Crippen LogP) is 2.19. The van der Waals surface area contributed by atoms with Crippen molar-refractivity contribution < 1.29 is 9.18 Å². The molecule has 1 heterocycles. The summed E-state index contributed by atoms with van der Waals surface area (Å²) in [5.74, 6) is -0.369. The molecule has 0 aliphatic carbocycles. The standard InChI is InChI=1S/C13H16ClFN2O/c1-9-13(18)17(7-3-6-16-9)8-10-11(14)4-2-5-12(10)15/h2,4-5,9,16H,3,6-8H2,1H3. The van der Waals surface area contributed by atoms with Crippen molar-refractivity contribution >= 4 is 17.5 Å². The van der Waals surface area contributed by atoms with Crippen LogP contribution >= 0.6 is 11.6 Å². The number of rotatable bonds is 2. The number of carbonyl (C=O) groups excluding carboxylic acids is 1. The van der Waals surface area contributed by atoms with Gasteiger partial charge in [0.05, 0.1) is 12.6 Å². The van der Waals surface area contributed by atoms with Crippen LogP contribution in [-0.4, -0.2) is 29.9 Å². The molecule has 18 heavy (non-hydrogen) atoms. The first kappa shape index (κ1) is 13.3. The van der Waals surface area contributed by atoms with Crippen LogP contribution in [0.1, 0.15) is 18.9 Å². The highest BCUT2D eigenvalue weighted by atomic mass is 35.5. The van der Waals surface area contributed by atoms with Gasteiger partial charge in [0.15, 0.2) is 0 Å². The number of halogens is 2. The summed E-state index contributed by atoms with van der Waals surface area (Å²) in [4.78, 5) is 13.7. The zero-order valence-corrected chi connectivity index (χ0v) is 11.0. The summed E-state index contributed by atoms with van der Waals surface area (Å²) in [6, 6.07) is 4.35. The molecule has 1 aliphatic rings. The van der Waals surface area contributed by atoms with Crippen LogP contribution in [0.25, 0.3) is 0 Å². The van der Waals surface area contributed by atoms with Gasteiger partial charge in [0.25, 0.3) is 0 Å². The van der Waals surface area contributed by atoms with E-state index in [9.17, 15) is 9.18 Å². The first-order valence-corrected chi connectivity index (χ1v) is 6.42. The molecule has 1 atom stereocenters. The Morgan fingerprint density at radius 1 is 1.56 bits per heavy atom. The normalized spacial score (nSPS) is 20.9. The summed E-state index contributed by atoms with van der Waals surface area (Å²) in [6.07, 6.45) is 0.863. The molecule has 1 aliphatic heterocycles. The van der Waals surface area contributed by atoms with Gasteiger partial charge in [-0.25, -0.2) is 4.39 Å². The minimum Gasteiger partial charge on any atom is -0.337 e. The number of nitrogens with one attached hydrogen (secondary N) is 1. The second-order valence-electron chi connectivity index (χ2n) is 4.49. The van der Waals surface area contributed by atoms with E-state index in [-0.39, 0.29) is 24.3 Å². The molecule has 3 nitrogen and oxygen atoms in total. The number of hydrogen-bond acceptors (Lipinski definition) is 2. The van der Waals surface area contributed by atoms with Crippen LogP contribution in [-0.2, 0) is 11.3 Å². The first-order valence-electron chi connectivity index (χ1n) is 6.04. The van der Waals surface area contributed by atoms with Crippen molar-refractivity contribution in [3.05, 3.63) is 34.6 Å². The summed E-state index contributed by atoms with van der Waals surface area (Å²) in [5.41, 5.74) is 0.390. The molecule has 1 amide bonds. The van der Waals surface area contributed by atoms with E-state index in [0.717, 1.165) is 13.0 Å². The number of hydrogen-bond donors (Lipinski definition) is 1. The van der Waals surface area contributed by atoms with Crippen LogP contribution in [0.15, 0.2) is 18.2 Å². The van der Waals surface area contributed by atoms with E-state index in [4.69, 9.17) is 11.6 Å². The van der Waals surface area contributed by atoms with E-state index >= 15 is 0 Å². The predicted molar refractivity (Wildman–Crippen MR) is 68.9 cm³/mol. The van der Waals surface area contributed by atoms with Gasteiger partial charge >= 0.3 is 0 Å². The van der Waals surface area contributed by atoms with Gasteiger partial charge in [-0.15, -0.1) is 0 Å². The van der Waals surface area contributed by atoms with Gasteiger partial charge in [0.1, 0.15) is 5.82 Å². The third-order valence-electron chi connectivity index (χ3n) is 3.15. The van der Waals surface area contributed by atoms with Gasteiger partial charge in [0.2, 0.25) is 5.91 Å². The van der Waals surface area contributed by atoms with Gasteiger partial charge in [-0.05, 0) is 32.0 Å². The van der Waals surface area contributed by atoms with Crippen molar-refractivity contribution in [1.82, 2.24) is 10.2 Å². The molecular weight excluding hydrogens is 255 g/mol. The summed E-state index contributed by atoms with van der Waals surface area (Å²) >= 11 is 5.98. The Morgan fingerprint density at radius 2 is 2.33 bits per heavy atom. The quantitative estimate of drug-likeness (QED) is 0.893. The van der Waals surface area contributed by atoms with E-state index < -0.39 is 0 Å². The molecule has 0 aromatic heterocycles. The highest BCUT2D eigenvalue weighted by molar-refractivity contribution is 6.31. The minimum atomic E-state index is -0.361. The largest absolute Gasteiger partial charge is 0.337 e. The van der Waals surface area contributed by atoms with Crippen molar-refractivity contribution in [2.45, 2.75) is 25.9 Å². The summed E-state index contributed by atoms with van der Waals surface area (Å²) in [6.45, 7) is 3.48. The van der Waals surface area contributed by atoms with Crippen LogP contribution in [0.4, 0.5) is 4.39 Å².